The van der Waals surface area contributed by atoms with Crippen molar-refractivity contribution in [1.29, 1.82) is 0 Å². The quantitative estimate of drug-likeness (QED) is 0.0262. The molecule has 0 aliphatic carbocycles. The van der Waals surface area contributed by atoms with E-state index in [-0.39, 0.29) is 31.1 Å². The van der Waals surface area contributed by atoms with Gasteiger partial charge in [-0.05, 0) is 116 Å². The fourth-order valence-corrected chi connectivity index (χ4v) is 7.71. The number of rotatable bonds is 51. The molecule has 0 rings (SSSR count). The van der Waals surface area contributed by atoms with Gasteiger partial charge < -0.3 is 14.2 Å². The van der Waals surface area contributed by atoms with Crippen molar-refractivity contribution in [3.8, 4) is 0 Å². The van der Waals surface area contributed by atoms with Crippen molar-refractivity contribution in [3.63, 3.8) is 0 Å². The monoisotopic (exact) mass is 959 g/mol. The lowest BCUT2D eigenvalue weighted by atomic mass is 10.1. The first-order chi connectivity index (χ1) is 34.0. The molecule has 0 aromatic heterocycles. The molecule has 0 aromatic rings. The van der Waals surface area contributed by atoms with Gasteiger partial charge in [0.1, 0.15) is 13.2 Å². The molecular weight excluding hydrogens is 853 g/mol. The Hall–Kier alpha value is -3.67. The minimum atomic E-state index is -0.791. The second kappa shape index (κ2) is 56.9. The Kier molecular flexibility index (Phi) is 53.9. The molecule has 6 heteroatoms. The Morgan fingerprint density at radius 3 is 0.942 bits per heavy atom. The molecule has 0 saturated heterocycles. The Balaban J connectivity index is 4.36. The van der Waals surface area contributed by atoms with Gasteiger partial charge in [-0.25, -0.2) is 0 Å². The van der Waals surface area contributed by atoms with E-state index in [9.17, 15) is 14.4 Å². The van der Waals surface area contributed by atoms with Crippen molar-refractivity contribution >= 4 is 17.9 Å². The van der Waals surface area contributed by atoms with Gasteiger partial charge in [-0.3, -0.25) is 14.4 Å². The summed E-state index contributed by atoms with van der Waals surface area (Å²) in [5.74, 6) is -0.915. The van der Waals surface area contributed by atoms with Gasteiger partial charge in [-0.15, -0.1) is 0 Å². The lowest BCUT2D eigenvalue weighted by molar-refractivity contribution is -0.167. The fraction of sp³-hybridized carbons (Fsp3) is 0.698. The second-order valence-corrected chi connectivity index (χ2v) is 18.8. The predicted molar refractivity (Wildman–Crippen MR) is 297 cm³/mol. The van der Waals surface area contributed by atoms with Gasteiger partial charge in [0.2, 0.25) is 0 Å². The summed E-state index contributed by atoms with van der Waals surface area (Å²) in [4.78, 5) is 38.1. The molecule has 0 spiro atoms. The van der Waals surface area contributed by atoms with Crippen molar-refractivity contribution < 1.29 is 28.6 Å². The standard InChI is InChI=1S/C63H106O6/c1-4-7-10-13-16-19-22-24-26-28-29-30-31-32-33-35-36-38-41-44-47-50-53-56-62(65)68-59-60(58-67-61(64)55-52-49-46-43-40-21-18-15-12-9-6-3)69-63(66)57-54-51-48-45-42-39-37-34-27-25-23-20-17-14-11-8-5-2/h7,10,15-20,24-27,29-30,32-33,60H,4-6,8-9,11-14,21-23,28,31,34-59H2,1-3H3/b10-7-,18-15-,19-16-,20-17-,26-24-,27-25-,30-29-,33-32-. The van der Waals surface area contributed by atoms with Crippen LogP contribution in [0, 0.1) is 0 Å². The average Bonchev–Trinajstić information content (AvgIpc) is 3.35. The third-order valence-electron chi connectivity index (χ3n) is 12.0. The van der Waals surface area contributed by atoms with E-state index in [1.54, 1.807) is 0 Å². The van der Waals surface area contributed by atoms with Crippen molar-refractivity contribution in [2.45, 2.75) is 271 Å². The Bertz CT molecular complexity index is 1380. The summed E-state index contributed by atoms with van der Waals surface area (Å²) in [5, 5.41) is 0. The van der Waals surface area contributed by atoms with Crippen molar-refractivity contribution in [2.24, 2.45) is 0 Å². The molecule has 0 heterocycles. The van der Waals surface area contributed by atoms with Crippen molar-refractivity contribution in [1.82, 2.24) is 0 Å². The lowest BCUT2D eigenvalue weighted by Crippen LogP contribution is -2.30. The highest BCUT2D eigenvalue weighted by Crippen LogP contribution is 2.14. The van der Waals surface area contributed by atoms with Crippen LogP contribution in [0.25, 0.3) is 0 Å². The number of ether oxygens (including phenoxy) is 3. The van der Waals surface area contributed by atoms with Crippen LogP contribution in [0.3, 0.4) is 0 Å². The van der Waals surface area contributed by atoms with E-state index < -0.39 is 6.10 Å². The maximum absolute atomic E-state index is 12.8. The second-order valence-electron chi connectivity index (χ2n) is 18.8. The van der Waals surface area contributed by atoms with Gasteiger partial charge in [0.15, 0.2) is 6.10 Å². The molecule has 0 aliphatic heterocycles. The minimum absolute atomic E-state index is 0.0891. The topological polar surface area (TPSA) is 78.9 Å². The normalized spacial score (nSPS) is 12.8. The molecule has 0 fully saturated rings. The smallest absolute Gasteiger partial charge is 0.306 e. The number of carbonyl (C=O) groups is 3. The zero-order valence-corrected chi connectivity index (χ0v) is 45.0. The average molecular weight is 960 g/mol. The first-order valence-corrected chi connectivity index (χ1v) is 28.7. The largest absolute Gasteiger partial charge is 0.462 e. The number of hydrogen-bond donors (Lipinski definition) is 0. The summed E-state index contributed by atoms with van der Waals surface area (Å²) >= 11 is 0. The third kappa shape index (κ3) is 55.1. The van der Waals surface area contributed by atoms with Gasteiger partial charge in [0.25, 0.3) is 0 Å². The van der Waals surface area contributed by atoms with Crippen LogP contribution < -0.4 is 0 Å². The molecule has 394 valence electrons. The predicted octanol–water partition coefficient (Wildman–Crippen LogP) is 19.3. The van der Waals surface area contributed by atoms with Gasteiger partial charge in [0, 0.05) is 19.3 Å². The van der Waals surface area contributed by atoms with Crippen LogP contribution in [0.4, 0.5) is 0 Å². The van der Waals surface area contributed by atoms with Gasteiger partial charge >= 0.3 is 17.9 Å². The van der Waals surface area contributed by atoms with Crippen molar-refractivity contribution in [3.05, 3.63) is 97.2 Å². The third-order valence-corrected chi connectivity index (χ3v) is 12.0. The first kappa shape index (κ1) is 65.3. The van der Waals surface area contributed by atoms with Gasteiger partial charge in [-0.1, -0.05) is 227 Å². The molecule has 0 saturated carbocycles. The van der Waals surface area contributed by atoms with Crippen LogP contribution in [0.1, 0.15) is 265 Å². The van der Waals surface area contributed by atoms with Crippen LogP contribution in [0.2, 0.25) is 0 Å². The van der Waals surface area contributed by atoms with E-state index in [0.29, 0.717) is 19.3 Å². The van der Waals surface area contributed by atoms with E-state index in [1.165, 1.54) is 109 Å². The molecule has 0 N–H and O–H groups in total. The maximum atomic E-state index is 12.8. The Labute approximate surface area is 426 Å². The molecule has 0 aliphatic rings. The SMILES string of the molecule is CC/C=C\C/C=C\C/C=C\C/C=C\C/C=C\CCCCCCCCCC(=O)OCC(COC(=O)CCCCCCC/C=C\CCCC)OC(=O)CCCCCCCCC/C=C\C/C=C\CCCCC. The molecule has 1 atom stereocenters. The highest BCUT2D eigenvalue weighted by Gasteiger charge is 2.19. The zero-order valence-electron chi connectivity index (χ0n) is 45.0. The zero-order chi connectivity index (χ0) is 50.0. The van der Waals surface area contributed by atoms with E-state index >= 15 is 0 Å². The summed E-state index contributed by atoms with van der Waals surface area (Å²) in [5.41, 5.74) is 0. The summed E-state index contributed by atoms with van der Waals surface area (Å²) in [7, 11) is 0. The molecule has 0 bridgehead atoms. The Morgan fingerprint density at radius 1 is 0.304 bits per heavy atom. The highest BCUT2D eigenvalue weighted by atomic mass is 16.6. The number of allylic oxidation sites excluding steroid dienone is 16. The maximum Gasteiger partial charge on any atom is 0.306 e. The molecule has 0 amide bonds. The molecule has 69 heavy (non-hydrogen) atoms. The molecule has 0 radical (unpaired) electrons. The van der Waals surface area contributed by atoms with Crippen molar-refractivity contribution in [2.75, 3.05) is 13.2 Å². The number of unbranched alkanes of at least 4 members (excludes halogenated alkanes) is 24. The highest BCUT2D eigenvalue weighted by molar-refractivity contribution is 5.71. The van der Waals surface area contributed by atoms with Gasteiger partial charge in [-0.2, -0.15) is 0 Å². The summed E-state index contributed by atoms with van der Waals surface area (Å²) < 4.78 is 16.8. The van der Waals surface area contributed by atoms with E-state index in [1.807, 2.05) is 0 Å². The van der Waals surface area contributed by atoms with E-state index in [2.05, 4.69) is 118 Å². The molecule has 0 aromatic carbocycles. The summed E-state index contributed by atoms with van der Waals surface area (Å²) in [6.07, 6.45) is 75.4. The first-order valence-electron chi connectivity index (χ1n) is 28.7. The van der Waals surface area contributed by atoms with E-state index in [0.717, 1.165) is 116 Å². The Morgan fingerprint density at radius 2 is 0.580 bits per heavy atom. The fourth-order valence-electron chi connectivity index (χ4n) is 7.71. The number of hydrogen-bond acceptors (Lipinski definition) is 6. The van der Waals surface area contributed by atoms with Crippen LogP contribution in [0.15, 0.2) is 97.2 Å². The van der Waals surface area contributed by atoms with Crippen LogP contribution in [-0.2, 0) is 28.6 Å². The molecular formula is C63H106O6. The molecule has 1 unspecified atom stereocenters. The van der Waals surface area contributed by atoms with Crippen LogP contribution >= 0.6 is 0 Å². The number of esters is 3. The summed E-state index contributed by atoms with van der Waals surface area (Å²) in [6.45, 7) is 6.44. The minimum Gasteiger partial charge on any atom is -0.462 e. The molecule has 6 nitrogen and oxygen atoms in total. The van der Waals surface area contributed by atoms with Crippen LogP contribution in [0.5, 0.6) is 0 Å². The van der Waals surface area contributed by atoms with E-state index in [4.69, 9.17) is 14.2 Å². The lowest BCUT2D eigenvalue weighted by Gasteiger charge is -2.18. The van der Waals surface area contributed by atoms with Crippen LogP contribution in [-0.4, -0.2) is 37.2 Å². The number of carbonyl (C=O) groups excluding carboxylic acids is 3. The van der Waals surface area contributed by atoms with Gasteiger partial charge in [0.05, 0.1) is 0 Å². The summed E-state index contributed by atoms with van der Waals surface area (Å²) in [6, 6.07) is 0.